The molecule has 0 amide bonds. The molecule has 1 heterocycles. The van der Waals surface area contributed by atoms with Gasteiger partial charge in [0, 0.05) is 37.5 Å². The van der Waals surface area contributed by atoms with Gasteiger partial charge in [-0.3, -0.25) is 9.69 Å². The first-order valence-electron chi connectivity index (χ1n) is 6.44. The molecule has 0 spiro atoms. The van der Waals surface area contributed by atoms with Crippen LogP contribution in [0.3, 0.4) is 0 Å². The number of ketones is 1. The first-order chi connectivity index (χ1) is 8.79. The zero-order valence-corrected chi connectivity index (χ0v) is 10.4. The molecular weight excluding hydrogens is 222 g/mol. The average molecular weight is 239 g/mol. The second-order valence-electron chi connectivity index (χ2n) is 5.07. The molecule has 1 fully saturated rings. The van der Waals surface area contributed by atoms with Crippen LogP contribution in [0.15, 0.2) is 48.6 Å². The fraction of sp³-hybridized carbons (Fsp3) is 0.312. The number of rotatable bonds is 3. The molecular formula is C16H17NO. The Kier molecular flexibility index (Phi) is 2.88. The third kappa shape index (κ3) is 1.83. The molecule has 1 aromatic rings. The van der Waals surface area contributed by atoms with Crippen LogP contribution >= 0.6 is 0 Å². The molecule has 0 N–H and O–H groups in total. The van der Waals surface area contributed by atoms with Gasteiger partial charge in [0.1, 0.15) is 0 Å². The number of carbonyl (C=O) groups excluding carboxylic acids is 1. The molecule has 92 valence electrons. The van der Waals surface area contributed by atoms with Crippen LogP contribution in [0.25, 0.3) is 5.57 Å². The highest BCUT2D eigenvalue weighted by Crippen LogP contribution is 2.39. The highest BCUT2D eigenvalue weighted by molar-refractivity contribution is 6.24. The van der Waals surface area contributed by atoms with Crippen molar-refractivity contribution in [3.63, 3.8) is 0 Å². The molecule has 2 aliphatic rings. The molecule has 0 saturated carbocycles. The van der Waals surface area contributed by atoms with Gasteiger partial charge in [0.2, 0.25) is 0 Å². The Hall–Kier alpha value is -1.67. The summed E-state index contributed by atoms with van der Waals surface area (Å²) in [5.74, 6) is 0.757. The van der Waals surface area contributed by atoms with Gasteiger partial charge in [-0.15, -0.1) is 6.58 Å². The van der Waals surface area contributed by atoms with Gasteiger partial charge in [0.15, 0.2) is 5.78 Å². The fourth-order valence-electron chi connectivity index (χ4n) is 3.11. The standard InChI is InChI=1S/C16H17NO/c1-2-8-17-10-13-9-15(18)16(14(13)11-17)12-6-4-3-5-7-12/h2-7,13H,1,8-11H2/t13-/m0/s1. The molecule has 3 rings (SSSR count). The highest BCUT2D eigenvalue weighted by Gasteiger charge is 2.38. The number of fused-ring (bicyclic) bond motifs is 1. The van der Waals surface area contributed by atoms with Crippen LogP contribution in [0.1, 0.15) is 12.0 Å². The highest BCUT2D eigenvalue weighted by atomic mass is 16.1. The van der Waals surface area contributed by atoms with Gasteiger partial charge in [-0.1, -0.05) is 36.4 Å². The second-order valence-corrected chi connectivity index (χ2v) is 5.07. The summed E-state index contributed by atoms with van der Waals surface area (Å²) in [5.41, 5.74) is 3.40. The molecule has 0 bridgehead atoms. The van der Waals surface area contributed by atoms with Crippen molar-refractivity contribution in [1.29, 1.82) is 0 Å². The van der Waals surface area contributed by atoms with E-state index >= 15 is 0 Å². The number of likely N-dealkylation sites (tertiary alicyclic amines) is 1. The second kappa shape index (κ2) is 4.54. The summed E-state index contributed by atoms with van der Waals surface area (Å²) < 4.78 is 0. The van der Waals surface area contributed by atoms with Gasteiger partial charge in [0.25, 0.3) is 0 Å². The van der Waals surface area contributed by atoms with Crippen molar-refractivity contribution in [1.82, 2.24) is 4.90 Å². The van der Waals surface area contributed by atoms with Crippen molar-refractivity contribution < 1.29 is 4.79 Å². The van der Waals surface area contributed by atoms with E-state index in [0.717, 1.165) is 30.8 Å². The number of Topliss-reactive ketones (excluding diaryl/α,β-unsaturated/α-hetero) is 1. The zero-order valence-electron chi connectivity index (χ0n) is 10.4. The van der Waals surface area contributed by atoms with Crippen LogP contribution in [-0.4, -0.2) is 30.3 Å². The Morgan fingerprint density at radius 2 is 2.11 bits per heavy atom. The fourth-order valence-corrected chi connectivity index (χ4v) is 3.11. The van der Waals surface area contributed by atoms with E-state index in [-0.39, 0.29) is 0 Å². The van der Waals surface area contributed by atoms with E-state index in [9.17, 15) is 4.79 Å². The SMILES string of the molecule is C=CCN1CC2=C(c3ccccc3)C(=O)C[C@H]2C1. The monoisotopic (exact) mass is 239 g/mol. The number of hydrogen-bond donors (Lipinski definition) is 0. The van der Waals surface area contributed by atoms with Crippen molar-refractivity contribution >= 4 is 11.4 Å². The van der Waals surface area contributed by atoms with E-state index < -0.39 is 0 Å². The summed E-state index contributed by atoms with van der Waals surface area (Å²) in [6, 6.07) is 10.1. The van der Waals surface area contributed by atoms with Crippen molar-refractivity contribution in [3.05, 3.63) is 54.1 Å². The van der Waals surface area contributed by atoms with Crippen molar-refractivity contribution in [3.8, 4) is 0 Å². The lowest BCUT2D eigenvalue weighted by Crippen LogP contribution is -2.21. The van der Waals surface area contributed by atoms with Crippen LogP contribution in [0.4, 0.5) is 0 Å². The quantitative estimate of drug-likeness (QED) is 0.755. The summed E-state index contributed by atoms with van der Waals surface area (Å²) in [6.45, 7) is 6.63. The lowest BCUT2D eigenvalue weighted by Gasteiger charge is -2.13. The molecule has 1 aromatic carbocycles. The van der Waals surface area contributed by atoms with Gasteiger partial charge in [0.05, 0.1) is 0 Å². The summed E-state index contributed by atoms with van der Waals surface area (Å²) in [6.07, 6.45) is 2.62. The zero-order chi connectivity index (χ0) is 12.5. The topological polar surface area (TPSA) is 20.3 Å². The maximum absolute atomic E-state index is 12.2. The van der Waals surface area contributed by atoms with Crippen LogP contribution in [-0.2, 0) is 4.79 Å². The lowest BCUT2D eigenvalue weighted by molar-refractivity contribution is -0.113. The largest absolute Gasteiger partial charge is 0.295 e. The number of carbonyl (C=O) groups is 1. The van der Waals surface area contributed by atoms with Gasteiger partial charge in [-0.05, 0) is 11.1 Å². The Morgan fingerprint density at radius 1 is 1.33 bits per heavy atom. The number of allylic oxidation sites excluding steroid dienone is 1. The van der Waals surface area contributed by atoms with Crippen LogP contribution in [0, 0.1) is 5.92 Å². The van der Waals surface area contributed by atoms with Gasteiger partial charge in [-0.2, -0.15) is 0 Å². The summed E-state index contributed by atoms with van der Waals surface area (Å²) in [5, 5.41) is 0. The number of hydrogen-bond acceptors (Lipinski definition) is 2. The first kappa shape index (κ1) is 11.4. The Bertz CT molecular complexity index is 515. The predicted molar refractivity (Wildman–Crippen MR) is 73.1 cm³/mol. The van der Waals surface area contributed by atoms with E-state index in [4.69, 9.17) is 0 Å². The summed E-state index contributed by atoms with van der Waals surface area (Å²) in [7, 11) is 0. The summed E-state index contributed by atoms with van der Waals surface area (Å²) >= 11 is 0. The van der Waals surface area contributed by atoms with E-state index in [1.165, 1.54) is 5.57 Å². The molecule has 18 heavy (non-hydrogen) atoms. The lowest BCUT2D eigenvalue weighted by atomic mass is 10.0. The molecule has 1 saturated heterocycles. The number of nitrogens with zero attached hydrogens (tertiary/aromatic N) is 1. The van der Waals surface area contributed by atoms with Crippen LogP contribution in [0.5, 0.6) is 0 Å². The minimum Gasteiger partial charge on any atom is -0.295 e. The first-order valence-corrected chi connectivity index (χ1v) is 6.44. The van der Waals surface area contributed by atoms with Crippen LogP contribution in [0.2, 0.25) is 0 Å². The molecule has 1 atom stereocenters. The third-order valence-corrected chi connectivity index (χ3v) is 3.85. The smallest absolute Gasteiger partial charge is 0.164 e. The molecule has 0 radical (unpaired) electrons. The normalized spacial score (nSPS) is 23.6. The average Bonchev–Trinajstić information content (AvgIpc) is 2.86. The molecule has 2 heteroatoms. The minimum absolute atomic E-state index is 0.319. The van der Waals surface area contributed by atoms with Gasteiger partial charge < -0.3 is 0 Å². The van der Waals surface area contributed by atoms with Crippen molar-refractivity contribution in [2.45, 2.75) is 6.42 Å². The summed E-state index contributed by atoms with van der Waals surface area (Å²) in [4.78, 5) is 14.5. The minimum atomic E-state index is 0.319. The van der Waals surface area contributed by atoms with E-state index in [2.05, 4.69) is 11.5 Å². The van der Waals surface area contributed by atoms with E-state index in [0.29, 0.717) is 18.1 Å². The Labute approximate surface area is 108 Å². The molecule has 0 aromatic heterocycles. The molecule has 0 unspecified atom stereocenters. The van der Waals surface area contributed by atoms with Crippen LogP contribution < -0.4 is 0 Å². The van der Waals surface area contributed by atoms with Crippen molar-refractivity contribution in [2.24, 2.45) is 5.92 Å². The maximum Gasteiger partial charge on any atom is 0.164 e. The molecule has 1 aliphatic carbocycles. The van der Waals surface area contributed by atoms with Gasteiger partial charge in [-0.25, -0.2) is 0 Å². The number of benzene rings is 1. The predicted octanol–water partition coefficient (Wildman–Crippen LogP) is 2.53. The van der Waals surface area contributed by atoms with E-state index in [1.54, 1.807) is 0 Å². The van der Waals surface area contributed by atoms with Gasteiger partial charge >= 0.3 is 0 Å². The van der Waals surface area contributed by atoms with E-state index in [1.807, 2.05) is 36.4 Å². The molecule has 1 aliphatic heterocycles. The molecule has 2 nitrogen and oxygen atoms in total. The third-order valence-electron chi connectivity index (χ3n) is 3.85. The maximum atomic E-state index is 12.2. The Balaban J connectivity index is 1.97. The Morgan fingerprint density at radius 3 is 2.83 bits per heavy atom. The van der Waals surface area contributed by atoms with Crippen molar-refractivity contribution in [2.75, 3.05) is 19.6 Å².